The van der Waals surface area contributed by atoms with Gasteiger partial charge in [0, 0.05) is 16.0 Å². The molecule has 0 saturated heterocycles. The Bertz CT molecular complexity index is 359. The molecule has 0 aliphatic carbocycles. The zero-order valence-corrected chi connectivity index (χ0v) is 10.2. The summed E-state index contributed by atoms with van der Waals surface area (Å²) in [4.78, 5) is 0. The van der Waals surface area contributed by atoms with Crippen molar-refractivity contribution in [1.82, 2.24) is 0 Å². The Morgan fingerprint density at radius 2 is 1.93 bits per heavy atom. The second-order valence-corrected chi connectivity index (χ2v) is 4.94. The van der Waals surface area contributed by atoms with E-state index in [1.807, 2.05) is 0 Å². The molecule has 0 spiro atoms. The van der Waals surface area contributed by atoms with Crippen LogP contribution in [0.1, 0.15) is 30.5 Å². The van der Waals surface area contributed by atoms with Crippen LogP contribution in [0, 0.1) is 19.7 Å². The summed E-state index contributed by atoms with van der Waals surface area (Å²) in [6.07, 6.45) is 0. The Labute approximate surface area is 94.9 Å². The summed E-state index contributed by atoms with van der Waals surface area (Å²) in [5, 5.41) is 9.82. The number of aliphatic hydroxyl groups excluding tert-OH is 1. The molecule has 0 heterocycles. The van der Waals surface area contributed by atoms with Crippen molar-refractivity contribution in [2.24, 2.45) is 0 Å². The van der Waals surface area contributed by atoms with Crippen LogP contribution in [0.4, 0.5) is 4.39 Å². The van der Waals surface area contributed by atoms with Crippen molar-refractivity contribution >= 4 is 11.6 Å². The molecule has 15 heavy (non-hydrogen) atoms. The predicted molar refractivity (Wildman–Crippen MR) is 61.0 cm³/mol. The van der Waals surface area contributed by atoms with Crippen molar-refractivity contribution < 1.29 is 9.50 Å². The van der Waals surface area contributed by atoms with Crippen molar-refractivity contribution in [3.05, 3.63) is 33.6 Å². The molecule has 1 N–H and O–H groups in total. The molecule has 0 bridgehead atoms. The number of halogens is 2. The SMILES string of the molecule is Cc1cc(Cl)c(C)c(C(C)(C)CO)c1F. The van der Waals surface area contributed by atoms with Gasteiger partial charge in [0.2, 0.25) is 0 Å². The summed E-state index contributed by atoms with van der Waals surface area (Å²) >= 11 is 6.01. The highest BCUT2D eigenvalue weighted by Gasteiger charge is 2.27. The Hall–Kier alpha value is -0.600. The lowest BCUT2D eigenvalue weighted by Crippen LogP contribution is -2.25. The molecule has 0 atom stereocenters. The van der Waals surface area contributed by atoms with Gasteiger partial charge in [-0.05, 0) is 31.0 Å². The Balaban J connectivity index is 3.53. The van der Waals surface area contributed by atoms with Gasteiger partial charge < -0.3 is 5.11 Å². The lowest BCUT2D eigenvalue weighted by Gasteiger charge is -2.26. The average molecular weight is 231 g/mol. The van der Waals surface area contributed by atoms with Gasteiger partial charge in [0.25, 0.3) is 0 Å². The van der Waals surface area contributed by atoms with E-state index in [0.29, 0.717) is 21.7 Å². The molecule has 84 valence electrons. The minimum atomic E-state index is -0.607. The molecule has 0 aliphatic heterocycles. The van der Waals surface area contributed by atoms with Crippen LogP contribution in [-0.2, 0) is 5.41 Å². The monoisotopic (exact) mass is 230 g/mol. The largest absolute Gasteiger partial charge is 0.395 e. The highest BCUT2D eigenvalue weighted by Crippen LogP contribution is 2.33. The summed E-state index contributed by atoms with van der Waals surface area (Å²) < 4.78 is 14.0. The van der Waals surface area contributed by atoms with Crippen molar-refractivity contribution in [1.29, 1.82) is 0 Å². The van der Waals surface area contributed by atoms with Gasteiger partial charge in [-0.25, -0.2) is 4.39 Å². The van der Waals surface area contributed by atoms with Gasteiger partial charge in [0.15, 0.2) is 0 Å². The number of rotatable bonds is 2. The van der Waals surface area contributed by atoms with Crippen molar-refractivity contribution in [2.45, 2.75) is 33.1 Å². The van der Waals surface area contributed by atoms with E-state index in [1.165, 1.54) is 0 Å². The number of aliphatic hydroxyl groups is 1. The Kier molecular flexibility index (Phi) is 3.41. The van der Waals surface area contributed by atoms with Crippen LogP contribution in [0.2, 0.25) is 5.02 Å². The maximum absolute atomic E-state index is 14.0. The third kappa shape index (κ3) is 2.16. The first-order valence-electron chi connectivity index (χ1n) is 4.88. The zero-order chi connectivity index (χ0) is 11.8. The predicted octanol–water partition coefficient (Wildman–Crippen LogP) is 3.37. The molecule has 1 nitrogen and oxygen atoms in total. The van der Waals surface area contributed by atoms with Crippen LogP contribution in [0.3, 0.4) is 0 Å². The second kappa shape index (κ2) is 4.11. The Morgan fingerprint density at radius 3 is 2.40 bits per heavy atom. The van der Waals surface area contributed by atoms with E-state index < -0.39 is 5.41 Å². The van der Waals surface area contributed by atoms with Gasteiger partial charge in [-0.15, -0.1) is 0 Å². The molecule has 0 aliphatic rings. The van der Waals surface area contributed by atoms with Gasteiger partial charge in [-0.3, -0.25) is 0 Å². The molecule has 0 aromatic heterocycles. The highest BCUT2D eigenvalue weighted by molar-refractivity contribution is 6.31. The number of hydrogen-bond donors (Lipinski definition) is 1. The molecule has 0 fully saturated rings. The van der Waals surface area contributed by atoms with Crippen LogP contribution in [0.5, 0.6) is 0 Å². The number of hydrogen-bond acceptors (Lipinski definition) is 1. The summed E-state index contributed by atoms with van der Waals surface area (Å²) in [6.45, 7) is 6.95. The fourth-order valence-corrected chi connectivity index (χ4v) is 1.98. The van der Waals surface area contributed by atoms with Gasteiger partial charge in [0.1, 0.15) is 5.82 Å². The molecule has 1 aromatic carbocycles. The molecule has 1 aromatic rings. The zero-order valence-electron chi connectivity index (χ0n) is 9.49. The van der Waals surface area contributed by atoms with Crippen LogP contribution < -0.4 is 0 Å². The van der Waals surface area contributed by atoms with Crippen molar-refractivity contribution in [3.8, 4) is 0 Å². The molecule has 1 rings (SSSR count). The second-order valence-electron chi connectivity index (χ2n) is 4.53. The summed E-state index contributed by atoms with van der Waals surface area (Å²) in [7, 11) is 0. The molecular weight excluding hydrogens is 215 g/mol. The lowest BCUT2D eigenvalue weighted by atomic mass is 9.81. The Morgan fingerprint density at radius 1 is 1.40 bits per heavy atom. The smallest absolute Gasteiger partial charge is 0.130 e. The van der Waals surface area contributed by atoms with Crippen molar-refractivity contribution in [2.75, 3.05) is 6.61 Å². The fraction of sp³-hybridized carbons (Fsp3) is 0.500. The highest BCUT2D eigenvalue weighted by atomic mass is 35.5. The minimum Gasteiger partial charge on any atom is -0.395 e. The first-order valence-corrected chi connectivity index (χ1v) is 5.25. The molecule has 0 unspecified atom stereocenters. The summed E-state index contributed by atoms with van der Waals surface area (Å²) in [5.74, 6) is -0.268. The van der Waals surface area contributed by atoms with E-state index >= 15 is 0 Å². The van der Waals surface area contributed by atoms with Crippen LogP contribution >= 0.6 is 11.6 Å². The van der Waals surface area contributed by atoms with Crippen LogP contribution in [0.15, 0.2) is 6.07 Å². The molecular formula is C12H16ClFO. The first-order chi connectivity index (χ1) is 6.81. The van der Waals surface area contributed by atoms with Gasteiger partial charge >= 0.3 is 0 Å². The van der Waals surface area contributed by atoms with Gasteiger partial charge in [-0.2, -0.15) is 0 Å². The maximum atomic E-state index is 14.0. The average Bonchev–Trinajstić information content (AvgIpc) is 2.15. The number of benzene rings is 1. The lowest BCUT2D eigenvalue weighted by molar-refractivity contribution is 0.214. The molecule has 0 radical (unpaired) electrons. The van der Waals surface area contributed by atoms with E-state index in [9.17, 15) is 9.50 Å². The third-order valence-corrected chi connectivity index (χ3v) is 3.11. The van der Waals surface area contributed by atoms with E-state index in [1.54, 1.807) is 33.8 Å². The van der Waals surface area contributed by atoms with Crippen LogP contribution in [0.25, 0.3) is 0 Å². The first kappa shape index (κ1) is 12.5. The van der Waals surface area contributed by atoms with E-state index in [0.717, 1.165) is 0 Å². The summed E-state index contributed by atoms with van der Waals surface area (Å²) in [5.41, 5.74) is 1.13. The standard InChI is InChI=1S/C12H16ClFO/c1-7-5-9(13)8(2)10(11(7)14)12(3,4)6-15/h5,15H,6H2,1-4H3. The quantitative estimate of drug-likeness (QED) is 0.826. The van der Waals surface area contributed by atoms with Crippen LogP contribution in [-0.4, -0.2) is 11.7 Å². The normalized spacial score (nSPS) is 11.9. The van der Waals surface area contributed by atoms with Gasteiger partial charge in [-0.1, -0.05) is 25.4 Å². The van der Waals surface area contributed by atoms with Crippen molar-refractivity contribution in [3.63, 3.8) is 0 Å². The fourth-order valence-electron chi connectivity index (χ4n) is 1.73. The maximum Gasteiger partial charge on any atom is 0.130 e. The van der Waals surface area contributed by atoms with E-state index in [4.69, 9.17) is 11.6 Å². The number of aryl methyl sites for hydroxylation is 1. The molecule has 0 saturated carbocycles. The summed E-state index contributed by atoms with van der Waals surface area (Å²) in [6, 6.07) is 1.61. The minimum absolute atomic E-state index is 0.107. The topological polar surface area (TPSA) is 20.2 Å². The third-order valence-electron chi connectivity index (χ3n) is 2.71. The van der Waals surface area contributed by atoms with E-state index in [2.05, 4.69) is 0 Å². The molecule has 3 heteroatoms. The van der Waals surface area contributed by atoms with Gasteiger partial charge in [0.05, 0.1) is 6.61 Å². The molecule has 0 amide bonds. The van der Waals surface area contributed by atoms with E-state index in [-0.39, 0.29) is 12.4 Å².